The first-order valence-corrected chi connectivity index (χ1v) is 8.74. The number of hydrogen-bond donors (Lipinski definition) is 1. The van der Waals surface area contributed by atoms with E-state index >= 15 is 0 Å². The van der Waals surface area contributed by atoms with Gasteiger partial charge in [-0.15, -0.1) is 0 Å². The highest BCUT2D eigenvalue weighted by molar-refractivity contribution is 5.81. The zero-order valence-electron chi connectivity index (χ0n) is 14.1. The highest BCUT2D eigenvalue weighted by Crippen LogP contribution is 2.31. The van der Waals surface area contributed by atoms with Crippen LogP contribution in [0.1, 0.15) is 26.2 Å². The molecule has 0 saturated carbocycles. The molecule has 1 saturated heterocycles. The molecule has 0 aliphatic carbocycles. The number of nitrogens with two attached hydrogens (primary N) is 1. The number of nitrogens with zero attached hydrogens (tertiary/aromatic N) is 1. The SMILES string of the molecule is CCCN(CC1COc2ccccc2O1)C(=O)[C@@H]1CC[C@H](CN)O1. The van der Waals surface area contributed by atoms with Crippen molar-refractivity contribution in [2.24, 2.45) is 5.73 Å². The van der Waals surface area contributed by atoms with Crippen LogP contribution in [0.3, 0.4) is 0 Å². The lowest BCUT2D eigenvalue weighted by Gasteiger charge is -2.32. The molecule has 3 atom stereocenters. The van der Waals surface area contributed by atoms with Gasteiger partial charge in [-0.05, 0) is 31.4 Å². The van der Waals surface area contributed by atoms with Crippen LogP contribution in [0.2, 0.25) is 0 Å². The van der Waals surface area contributed by atoms with E-state index in [1.165, 1.54) is 0 Å². The van der Waals surface area contributed by atoms with Gasteiger partial charge < -0.3 is 24.8 Å². The smallest absolute Gasteiger partial charge is 0.251 e. The van der Waals surface area contributed by atoms with Crippen molar-refractivity contribution in [1.82, 2.24) is 4.90 Å². The molecule has 2 aliphatic heterocycles. The summed E-state index contributed by atoms with van der Waals surface area (Å²) >= 11 is 0. The number of carbonyl (C=O) groups is 1. The molecule has 1 aromatic carbocycles. The molecule has 1 unspecified atom stereocenters. The van der Waals surface area contributed by atoms with Gasteiger partial charge in [0.25, 0.3) is 5.91 Å². The average molecular weight is 334 g/mol. The third-order valence-corrected chi connectivity index (χ3v) is 4.44. The molecule has 24 heavy (non-hydrogen) atoms. The second-order valence-electron chi connectivity index (χ2n) is 6.34. The monoisotopic (exact) mass is 334 g/mol. The molecule has 2 aliphatic rings. The topological polar surface area (TPSA) is 74.0 Å². The van der Waals surface area contributed by atoms with E-state index in [1.54, 1.807) is 0 Å². The summed E-state index contributed by atoms with van der Waals surface area (Å²) in [5.41, 5.74) is 5.64. The van der Waals surface area contributed by atoms with E-state index in [-0.39, 0.29) is 24.2 Å². The van der Waals surface area contributed by atoms with Gasteiger partial charge in [0.05, 0.1) is 12.6 Å². The molecule has 1 fully saturated rings. The predicted octanol–water partition coefficient (Wildman–Crippen LogP) is 1.57. The Kier molecular flexibility index (Phi) is 5.58. The summed E-state index contributed by atoms with van der Waals surface area (Å²) in [7, 11) is 0. The Bertz CT molecular complexity index is 566. The number of ether oxygens (including phenoxy) is 3. The lowest BCUT2D eigenvalue weighted by Crippen LogP contribution is -2.47. The third kappa shape index (κ3) is 3.82. The van der Waals surface area contributed by atoms with Crippen molar-refractivity contribution in [2.45, 2.75) is 44.5 Å². The molecule has 1 aromatic rings. The minimum Gasteiger partial charge on any atom is -0.486 e. The maximum absolute atomic E-state index is 12.8. The molecular weight excluding hydrogens is 308 g/mol. The molecule has 2 heterocycles. The molecule has 1 amide bonds. The number of para-hydroxylation sites is 2. The van der Waals surface area contributed by atoms with Gasteiger partial charge in [0, 0.05) is 13.1 Å². The fourth-order valence-corrected chi connectivity index (χ4v) is 3.22. The number of fused-ring (bicyclic) bond motifs is 1. The molecule has 0 radical (unpaired) electrons. The largest absolute Gasteiger partial charge is 0.486 e. The summed E-state index contributed by atoms with van der Waals surface area (Å²) in [5, 5.41) is 0. The van der Waals surface area contributed by atoms with Gasteiger partial charge in [-0.2, -0.15) is 0 Å². The fourth-order valence-electron chi connectivity index (χ4n) is 3.22. The van der Waals surface area contributed by atoms with E-state index < -0.39 is 0 Å². The Morgan fingerprint density at radius 2 is 2.04 bits per heavy atom. The summed E-state index contributed by atoms with van der Waals surface area (Å²) < 4.78 is 17.5. The van der Waals surface area contributed by atoms with Gasteiger partial charge in [0.1, 0.15) is 12.7 Å². The van der Waals surface area contributed by atoms with Crippen LogP contribution in [0.5, 0.6) is 11.5 Å². The van der Waals surface area contributed by atoms with Gasteiger partial charge >= 0.3 is 0 Å². The van der Waals surface area contributed by atoms with Crippen LogP contribution in [0.15, 0.2) is 24.3 Å². The van der Waals surface area contributed by atoms with E-state index in [4.69, 9.17) is 19.9 Å². The summed E-state index contributed by atoms with van der Waals surface area (Å²) in [5.74, 6) is 1.53. The Hall–Kier alpha value is -1.79. The Morgan fingerprint density at radius 1 is 1.25 bits per heavy atom. The number of rotatable bonds is 6. The van der Waals surface area contributed by atoms with E-state index in [9.17, 15) is 4.79 Å². The molecule has 3 rings (SSSR count). The predicted molar refractivity (Wildman–Crippen MR) is 90.2 cm³/mol. The standard InChI is InChI=1S/C18H26N2O4/c1-2-9-20(18(21)17-8-7-13(10-19)23-17)11-14-12-22-15-5-3-4-6-16(15)24-14/h3-6,13-14,17H,2,7-12,19H2,1H3/t13-,14?,17+/m1/s1. The van der Waals surface area contributed by atoms with Crippen LogP contribution in [0.4, 0.5) is 0 Å². The summed E-state index contributed by atoms with van der Waals surface area (Å²) in [4.78, 5) is 14.6. The minimum atomic E-state index is -0.373. The first-order valence-electron chi connectivity index (χ1n) is 8.74. The van der Waals surface area contributed by atoms with Gasteiger partial charge in [0.15, 0.2) is 17.6 Å². The van der Waals surface area contributed by atoms with Crippen molar-refractivity contribution in [1.29, 1.82) is 0 Å². The van der Waals surface area contributed by atoms with Gasteiger partial charge in [-0.1, -0.05) is 19.1 Å². The van der Waals surface area contributed by atoms with Gasteiger partial charge in [-0.25, -0.2) is 0 Å². The van der Waals surface area contributed by atoms with Gasteiger partial charge in [-0.3, -0.25) is 4.79 Å². The fraction of sp³-hybridized carbons (Fsp3) is 0.611. The molecule has 0 aromatic heterocycles. The zero-order chi connectivity index (χ0) is 16.9. The average Bonchev–Trinajstić information content (AvgIpc) is 3.10. The number of amides is 1. The minimum absolute atomic E-state index is 0.00330. The summed E-state index contributed by atoms with van der Waals surface area (Å²) in [6.07, 6.45) is 1.95. The maximum atomic E-state index is 12.8. The normalized spacial score (nSPS) is 25.5. The van der Waals surface area contributed by atoms with Crippen molar-refractivity contribution < 1.29 is 19.0 Å². The quantitative estimate of drug-likeness (QED) is 0.855. The molecule has 0 spiro atoms. The first-order chi connectivity index (χ1) is 11.7. The van der Waals surface area contributed by atoms with Crippen LogP contribution in [-0.4, -0.2) is 55.4 Å². The van der Waals surface area contributed by atoms with Crippen molar-refractivity contribution in [3.05, 3.63) is 24.3 Å². The molecule has 6 heteroatoms. The van der Waals surface area contributed by atoms with E-state index in [2.05, 4.69) is 6.92 Å². The summed E-state index contributed by atoms with van der Waals surface area (Å²) in [6.45, 7) is 4.17. The van der Waals surface area contributed by atoms with Crippen molar-refractivity contribution in [3.63, 3.8) is 0 Å². The van der Waals surface area contributed by atoms with E-state index in [0.717, 1.165) is 30.8 Å². The highest BCUT2D eigenvalue weighted by atomic mass is 16.6. The van der Waals surface area contributed by atoms with E-state index in [1.807, 2.05) is 29.2 Å². The molecule has 132 valence electrons. The molecule has 2 N–H and O–H groups in total. The summed E-state index contributed by atoms with van der Waals surface area (Å²) in [6, 6.07) is 7.61. The maximum Gasteiger partial charge on any atom is 0.251 e. The number of carbonyl (C=O) groups excluding carboxylic acids is 1. The van der Waals surface area contributed by atoms with Crippen LogP contribution < -0.4 is 15.2 Å². The Labute approximate surface area is 142 Å². The molecular formula is C18H26N2O4. The number of hydrogen-bond acceptors (Lipinski definition) is 5. The molecule has 6 nitrogen and oxygen atoms in total. The second kappa shape index (κ2) is 7.85. The van der Waals surface area contributed by atoms with Crippen LogP contribution in [0.25, 0.3) is 0 Å². The van der Waals surface area contributed by atoms with Crippen LogP contribution in [0, 0.1) is 0 Å². The third-order valence-electron chi connectivity index (χ3n) is 4.44. The first kappa shape index (κ1) is 17.0. The van der Waals surface area contributed by atoms with Crippen LogP contribution in [-0.2, 0) is 9.53 Å². The number of benzene rings is 1. The lowest BCUT2D eigenvalue weighted by atomic mass is 10.1. The van der Waals surface area contributed by atoms with Crippen molar-refractivity contribution in [2.75, 3.05) is 26.2 Å². The molecule has 0 bridgehead atoms. The Balaban J connectivity index is 1.61. The van der Waals surface area contributed by atoms with E-state index in [0.29, 0.717) is 26.2 Å². The lowest BCUT2D eigenvalue weighted by molar-refractivity contribution is -0.144. The Morgan fingerprint density at radius 3 is 2.75 bits per heavy atom. The van der Waals surface area contributed by atoms with Crippen LogP contribution >= 0.6 is 0 Å². The van der Waals surface area contributed by atoms with Crippen molar-refractivity contribution >= 4 is 5.91 Å². The second-order valence-corrected chi connectivity index (χ2v) is 6.34. The zero-order valence-corrected chi connectivity index (χ0v) is 14.1. The van der Waals surface area contributed by atoms with Gasteiger partial charge in [0.2, 0.25) is 0 Å². The van der Waals surface area contributed by atoms with Crippen molar-refractivity contribution in [3.8, 4) is 11.5 Å². The highest BCUT2D eigenvalue weighted by Gasteiger charge is 2.34.